The van der Waals surface area contributed by atoms with Crippen molar-refractivity contribution in [2.45, 2.75) is 25.8 Å². The molecule has 0 saturated heterocycles. The van der Waals surface area contributed by atoms with Crippen LogP contribution in [0.2, 0.25) is 0 Å². The maximum atomic E-state index is 11.8. The van der Waals surface area contributed by atoms with E-state index in [-0.39, 0.29) is 11.9 Å². The van der Waals surface area contributed by atoms with Gasteiger partial charge in [-0.05, 0) is 12.0 Å². The lowest BCUT2D eigenvalue weighted by molar-refractivity contribution is -0.121. The van der Waals surface area contributed by atoms with E-state index in [1.807, 2.05) is 18.2 Å². The van der Waals surface area contributed by atoms with Gasteiger partial charge in [-0.3, -0.25) is 4.79 Å². The molecule has 0 spiro atoms. The minimum Gasteiger partial charge on any atom is -0.348 e. The molecule has 98 valence electrons. The highest BCUT2D eigenvalue weighted by Crippen LogP contribution is 2.17. The lowest BCUT2D eigenvalue weighted by Crippen LogP contribution is -2.36. The summed E-state index contributed by atoms with van der Waals surface area (Å²) < 4.78 is 0. The highest BCUT2D eigenvalue weighted by Gasteiger charge is 2.12. The van der Waals surface area contributed by atoms with E-state index in [1.54, 1.807) is 6.08 Å². The molecule has 0 radical (unpaired) electrons. The van der Waals surface area contributed by atoms with Crippen LogP contribution < -0.4 is 10.6 Å². The van der Waals surface area contributed by atoms with Gasteiger partial charge in [0.25, 0.3) is 0 Å². The third-order valence-corrected chi connectivity index (χ3v) is 2.69. The van der Waals surface area contributed by atoms with Crippen LogP contribution in [0, 0.1) is 0 Å². The third kappa shape index (κ3) is 5.15. The first-order chi connectivity index (χ1) is 8.77. The second-order valence-electron chi connectivity index (χ2n) is 4.24. The Bertz CT molecular complexity index is 362. The highest BCUT2D eigenvalue weighted by molar-refractivity contribution is 5.78. The minimum absolute atomic E-state index is 0.0270. The fraction of sp³-hybridized carbons (Fsp3) is 0.400. The Labute approximate surface area is 109 Å². The van der Waals surface area contributed by atoms with Gasteiger partial charge in [0.1, 0.15) is 0 Å². The molecule has 0 aromatic heterocycles. The Hall–Kier alpha value is -1.61. The summed E-state index contributed by atoms with van der Waals surface area (Å²) in [4.78, 5) is 11.8. The Morgan fingerprint density at radius 1 is 1.39 bits per heavy atom. The molecule has 0 bridgehead atoms. The molecule has 2 N–H and O–H groups in total. The quantitative estimate of drug-likeness (QED) is 0.546. The van der Waals surface area contributed by atoms with Crippen molar-refractivity contribution >= 4 is 5.91 Å². The van der Waals surface area contributed by atoms with Gasteiger partial charge >= 0.3 is 0 Å². The number of rotatable bonds is 8. The van der Waals surface area contributed by atoms with Crippen molar-refractivity contribution < 1.29 is 4.79 Å². The van der Waals surface area contributed by atoms with E-state index in [2.05, 4.69) is 36.3 Å². The first-order valence-corrected chi connectivity index (χ1v) is 6.43. The van der Waals surface area contributed by atoms with Gasteiger partial charge in [-0.15, -0.1) is 6.58 Å². The Balaban J connectivity index is 2.52. The maximum Gasteiger partial charge on any atom is 0.234 e. The number of hydrogen-bond acceptors (Lipinski definition) is 2. The maximum absolute atomic E-state index is 11.8. The number of nitrogens with one attached hydrogen (secondary N) is 2. The van der Waals surface area contributed by atoms with Crippen LogP contribution in [0.15, 0.2) is 43.0 Å². The van der Waals surface area contributed by atoms with E-state index in [0.29, 0.717) is 13.1 Å². The van der Waals surface area contributed by atoms with Crippen LogP contribution in [0.25, 0.3) is 0 Å². The van der Waals surface area contributed by atoms with E-state index in [1.165, 1.54) is 0 Å². The normalized spacial score (nSPS) is 11.8. The standard InChI is InChI=1S/C15H22N2O/c1-3-8-14(13-9-6-5-7-10-13)17-15(18)12-16-11-4-2/h4-7,9-10,14,16H,2-3,8,11-12H2,1H3,(H,17,18). The average molecular weight is 246 g/mol. The van der Waals surface area contributed by atoms with Crippen LogP contribution >= 0.6 is 0 Å². The summed E-state index contributed by atoms with van der Waals surface area (Å²) in [5.41, 5.74) is 1.16. The van der Waals surface area contributed by atoms with Crippen LogP contribution in [0.4, 0.5) is 0 Å². The summed E-state index contributed by atoms with van der Waals surface area (Å²) in [5, 5.41) is 6.06. The number of carbonyl (C=O) groups is 1. The van der Waals surface area contributed by atoms with Gasteiger partial charge in [0.05, 0.1) is 12.6 Å². The number of carbonyl (C=O) groups excluding carboxylic acids is 1. The van der Waals surface area contributed by atoms with E-state index in [4.69, 9.17) is 0 Å². The minimum atomic E-state index is 0.0270. The molecule has 1 amide bonds. The molecule has 18 heavy (non-hydrogen) atoms. The predicted molar refractivity (Wildman–Crippen MR) is 75.3 cm³/mol. The van der Waals surface area contributed by atoms with E-state index < -0.39 is 0 Å². The van der Waals surface area contributed by atoms with Crippen LogP contribution in [-0.2, 0) is 4.79 Å². The fourth-order valence-corrected chi connectivity index (χ4v) is 1.83. The van der Waals surface area contributed by atoms with E-state index in [0.717, 1.165) is 18.4 Å². The second-order valence-corrected chi connectivity index (χ2v) is 4.24. The van der Waals surface area contributed by atoms with Gasteiger partial charge in [0.2, 0.25) is 5.91 Å². The number of amides is 1. The molecule has 1 atom stereocenters. The second kappa shape index (κ2) is 8.48. The largest absolute Gasteiger partial charge is 0.348 e. The van der Waals surface area contributed by atoms with E-state index >= 15 is 0 Å². The molecule has 1 aromatic rings. The zero-order valence-corrected chi connectivity index (χ0v) is 11.0. The zero-order valence-electron chi connectivity index (χ0n) is 11.0. The molecule has 0 aliphatic carbocycles. The summed E-state index contributed by atoms with van der Waals surface area (Å²) in [6.45, 7) is 6.71. The number of hydrogen-bond donors (Lipinski definition) is 2. The molecule has 0 saturated carbocycles. The summed E-state index contributed by atoms with van der Waals surface area (Å²) in [6, 6.07) is 10.2. The van der Waals surface area contributed by atoms with Gasteiger partial charge in [0, 0.05) is 6.54 Å². The first kappa shape index (κ1) is 14.5. The molecular formula is C15H22N2O. The molecule has 0 fully saturated rings. The van der Waals surface area contributed by atoms with Crippen molar-refractivity contribution in [1.82, 2.24) is 10.6 Å². The van der Waals surface area contributed by atoms with Gasteiger partial charge in [-0.25, -0.2) is 0 Å². The van der Waals surface area contributed by atoms with Gasteiger partial charge in [0.15, 0.2) is 0 Å². The molecule has 3 nitrogen and oxygen atoms in total. The Morgan fingerprint density at radius 2 is 2.11 bits per heavy atom. The van der Waals surface area contributed by atoms with E-state index in [9.17, 15) is 4.79 Å². The summed E-state index contributed by atoms with van der Waals surface area (Å²) in [6.07, 6.45) is 3.74. The van der Waals surface area contributed by atoms with Crippen LogP contribution in [0.5, 0.6) is 0 Å². The van der Waals surface area contributed by atoms with Crippen molar-refractivity contribution in [3.63, 3.8) is 0 Å². The molecule has 1 rings (SSSR count). The average Bonchev–Trinajstić information content (AvgIpc) is 2.39. The summed E-state index contributed by atoms with van der Waals surface area (Å²) in [7, 11) is 0. The van der Waals surface area contributed by atoms with Crippen molar-refractivity contribution in [1.29, 1.82) is 0 Å². The lowest BCUT2D eigenvalue weighted by Gasteiger charge is -2.18. The summed E-state index contributed by atoms with van der Waals surface area (Å²) >= 11 is 0. The van der Waals surface area contributed by atoms with Gasteiger partial charge < -0.3 is 10.6 Å². The van der Waals surface area contributed by atoms with Crippen molar-refractivity contribution in [3.05, 3.63) is 48.6 Å². The first-order valence-electron chi connectivity index (χ1n) is 6.43. The fourth-order valence-electron chi connectivity index (χ4n) is 1.83. The Morgan fingerprint density at radius 3 is 2.72 bits per heavy atom. The van der Waals surface area contributed by atoms with Crippen molar-refractivity contribution in [2.24, 2.45) is 0 Å². The van der Waals surface area contributed by atoms with Crippen molar-refractivity contribution in [2.75, 3.05) is 13.1 Å². The topological polar surface area (TPSA) is 41.1 Å². The third-order valence-electron chi connectivity index (χ3n) is 2.69. The van der Waals surface area contributed by atoms with Crippen LogP contribution in [0.1, 0.15) is 31.4 Å². The van der Waals surface area contributed by atoms with Crippen LogP contribution in [-0.4, -0.2) is 19.0 Å². The SMILES string of the molecule is C=CCNCC(=O)NC(CCC)c1ccccc1. The molecule has 0 aliphatic heterocycles. The van der Waals surface area contributed by atoms with Crippen LogP contribution in [0.3, 0.4) is 0 Å². The van der Waals surface area contributed by atoms with Gasteiger partial charge in [-0.1, -0.05) is 49.8 Å². The molecule has 0 heterocycles. The molecule has 0 aliphatic rings. The molecule has 1 aromatic carbocycles. The lowest BCUT2D eigenvalue weighted by atomic mass is 10.0. The predicted octanol–water partition coefficient (Wildman–Crippen LogP) is 2.42. The highest BCUT2D eigenvalue weighted by atomic mass is 16.1. The Kier molecular flexibility index (Phi) is 6.81. The smallest absolute Gasteiger partial charge is 0.234 e. The molecular weight excluding hydrogens is 224 g/mol. The molecule has 3 heteroatoms. The monoisotopic (exact) mass is 246 g/mol. The molecule has 1 unspecified atom stereocenters. The zero-order chi connectivity index (χ0) is 13.2. The van der Waals surface area contributed by atoms with Gasteiger partial charge in [-0.2, -0.15) is 0 Å². The summed E-state index contributed by atoms with van der Waals surface area (Å²) in [5.74, 6) is 0.0270. The van der Waals surface area contributed by atoms with Crippen molar-refractivity contribution in [3.8, 4) is 0 Å². The number of benzene rings is 1.